The van der Waals surface area contributed by atoms with Gasteiger partial charge in [0.05, 0.1) is 25.0 Å². The predicted molar refractivity (Wildman–Crippen MR) is 211 cm³/mol. The Bertz CT molecular complexity index is 2110. The van der Waals surface area contributed by atoms with Crippen LogP contribution in [0.4, 0.5) is 10.7 Å². The number of rotatable bonds is 13. The Kier molecular flexibility index (Phi) is 12.4. The molecule has 9 nitrogen and oxygen atoms in total. The lowest BCUT2D eigenvalue weighted by Crippen LogP contribution is -2.30. The lowest BCUT2D eigenvalue weighted by atomic mass is 9.83. The molecule has 1 aromatic heterocycles. The molecule has 1 unspecified atom stereocenters. The standard InChI is InChI=1S/C42H39N3O6S2/c1-3-51-32-20-17-27(18-21-32)23-35(44-39(47)29-13-8-5-9-14-29)40(48)43-31-15-10-16-33(25-31)52-26-37(46)45-41-38(42(49)50-2)34-22-19-30(24-36(34)53-41)28-11-6-4-7-12-28/h4-18,20-21,23,25,30H,3,19,22,24,26H2,1-2H3,(H,43,48)(H,44,47)(H,45,46)/b35-23+. The number of hydrogen-bond acceptors (Lipinski definition) is 8. The molecule has 1 atom stereocenters. The second-order valence-corrected chi connectivity index (χ2v) is 14.4. The van der Waals surface area contributed by atoms with Gasteiger partial charge >= 0.3 is 5.97 Å². The average Bonchev–Trinajstić information content (AvgIpc) is 3.55. The quantitative estimate of drug-likeness (QED) is 0.0629. The fourth-order valence-corrected chi connectivity index (χ4v) is 8.20. The van der Waals surface area contributed by atoms with E-state index in [1.807, 2.05) is 37.3 Å². The Morgan fingerprint density at radius 3 is 2.34 bits per heavy atom. The van der Waals surface area contributed by atoms with Crippen LogP contribution in [0.15, 0.2) is 120 Å². The van der Waals surface area contributed by atoms with Crippen molar-refractivity contribution in [3.63, 3.8) is 0 Å². The molecule has 53 heavy (non-hydrogen) atoms. The van der Waals surface area contributed by atoms with Gasteiger partial charge in [-0.1, -0.05) is 66.7 Å². The van der Waals surface area contributed by atoms with Gasteiger partial charge in [0.1, 0.15) is 16.4 Å². The molecule has 5 aromatic rings. The first-order valence-electron chi connectivity index (χ1n) is 17.2. The largest absolute Gasteiger partial charge is 0.494 e. The Labute approximate surface area is 316 Å². The fourth-order valence-electron chi connectivity index (χ4n) is 6.11. The molecular formula is C42H39N3O6S2. The number of amides is 3. The molecule has 1 heterocycles. The van der Waals surface area contributed by atoms with Crippen LogP contribution >= 0.6 is 23.1 Å². The molecule has 0 radical (unpaired) electrons. The number of ether oxygens (including phenoxy) is 2. The molecule has 0 spiro atoms. The van der Waals surface area contributed by atoms with Crippen LogP contribution in [0, 0.1) is 0 Å². The van der Waals surface area contributed by atoms with E-state index in [1.165, 1.54) is 35.8 Å². The van der Waals surface area contributed by atoms with Crippen LogP contribution in [0.3, 0.4) is 0 Å². The minimum absolute atomic E-state index is 0.0515. The number of fused-ring (bicyclic) bond motifs is 1. The van der Waals surface area contributed by atoms with Crippen molar-refractivity contribution in [2.24, 2.45) is 0 Å². The van der Waals surface area contributed by atoms with E-state index >= 15 is 0 Å². The van der Waals surface area contributed by atoms with Gasteiger partial charge in [0.25, 0.3) is 11.8 Å². The maximum absolute atomic E-state index is 13.6. The summed E-state index contributed by atoms with van der Waals surface area (Å²) < 4.78 is 10.6. The Morgan fingerprint density at radius 2 is 1.62 bits per heavy atom. The lowest BCUT2D eigenvalue weighted by Gasteiger charge is -2.22. The molecule has 3 N–H and O–H groups in total. The van der Waals surface area contributed by atoms with Gasteiger partial charge in [-0.3, -0.25) is 14.4 Å². The number of methoxy groups -OCH3 is 1. The van der Waals surface area contributed by atoms with Crippen molar-refractivity contribution in [2.75, 3.05) is 30.1 Å². The summed E-state index contributed by atoms with van der Waals surface area (Å²) in [6.45, 7) is 2.43. The van der Waals surface area contributed by atoms with E-state index in [9.17, 15) is 19.2 Å². The van der Waals surface area contributed by atoms with Gasteiger partial charge in [-0.25, -0.2) is 4.79 Å². The van der Waals surface area contributed by atoms with Crippen molar-refractivity contribution in [1.82, 2.24) is 5.32 Å². The van der Waals surface area contributed by atoms with Gasteiger partial charge < -0.3 is 25.4 Å². The highest BCUT2D eigenvalue weighted by Crippen LogP contribution is 2.43. The SMILES string of the molecule is CCOc1ccc(/C=C(/NC(=O)c2ccccc2)C(=O)Nc2cccc(SCC(=O)Nc3sc4c(c3C(=O)OC)CCC(c3ccccc3)C4)c2)cc1. The van der Waals surface area contributed by atoms with Crippen LogP contribution in [0.25, 0.3) is 6.08 Å². The van der Waals surface area contributed by atoms with Crippen molar-refractivity contribution in [2.45, 2.75) is 37.0 Å². The number of thioether (sulfide) groups is 1. The summed E-state index contributed by atoms with van der Waals surface area (Å²) in [5, 5.41) is 9.10. The molecule has 1 aliphatic carbocycles. The zero-order valence-electron chi connectivity index (χ0n) is 29.3. The van der Waals surface area contributed by atoms with Crippen molar-refractivity contribution in [3.8, 4) is 5.75 Å². The second-order valence-electron chi connectivity index (χ2n) is 12.2. The van der Waals surface area contributed by atoms with E-state index in [-0.39, 0.29) is 17.4 Å². The van der Waals surface area contributed by atoms with Gasteiger partial charge in [0.2, 0.25) is 5.91 Å². The van der Waals surface area contributed by atoms with Crippen molar-refractivity contribution in [1.29, 1.82) is 0 Å². The van der Waals surface area contributed by atoms with Crippen LogP contribution in [-0.2, 0) is 27.2 Å². The van der Waals surface area contributed by atoms with Crippen LogP contribution in [0.5, 0.6) is 5.75 Å². The van der Waals surface area contributed by atoms with E-state index in [0.29, 0.717) is 45.7 Å². The van der Waals surface area contributed by atoms with Crippen LogP contribution in [0.2, 0.25) is 0 Å². The van der Waals surface area contributed by atoms with E-state index in [1.54, 1.807) is 72.8 Å². The molecule has 0 bridgehead atoms. The molecule has 0 saturated heterocycles. The molecular weight excluding hydrogens is 707 g/mol. The molecule has 11 heteroatoms. The molecule has 0 fully saturated rings. The molecule has 4 aromatic carbocycles. The van der Waals surface area contributed by atoms with Gasteiger partial charge in [-0.2, -0.15) is 0 Å². The highest BCUT2D eigenvalue weighted by molar-refractivity contribution is 8.00. The second kappa shape index (κ2) is 17.7. The monoisotopic (exact) mass is 745 g/mol. The number of anilines is 2. The average molecular weight is 746 g/mol. The van der Waals surface area contributed by atoms with Crippen molar-refractivity contribution >= 4 is 63.6 Å². The third-order valence-corrected chi connectivity index (χ3v) is 10.8. The van der Waals surface area contributed by atoms with Crippen molar-refractivity contribution in [3.05, 3.63) is 148 Å². The van der Waals surface area contributed by atoms with E-state index in [2.05, 4.69) is 28.1 Å². The maximum Gasteiger partial charge on any atom is 0.341 e. The van der Waals surface area contributed by atoms with Crippen LogP contribution < -0.4 is 20.7 Å². The zero-order valence-corrected chi connectivity index (χ0v) is 31.0. The van der Waals surface area contributed by atoms with Gasteiger partial charge in [-0.15, -0.1) is 23.1 Å². The highest BCUT2D eigenvalue weighted by atomic mass is 32.2. The Hall–Kier alpha value is -5.65. The maximum atomic E-state index is 13.6. The summed E-state index contributed by atoms with van der Waals surface area (Å²) in [7, 11) is 1.35. The smallest absolute Gasteiger partial charge is 0.341 e. The Morgan fingerprint density at radius 1 is 0.887 bits per heavy atom. The third-order valence-electron chi connectivity index (χ3n) is 8.67. The molecule has 1 aliphatic rings. The summed E-state index contributed by atoms with van der Waals surface area (Å²) in [6.07, 6.45) is 4.03. The number of carbonyl (C=O) groups excluding carboxylic acids is 4. The van der Waals surface area contributed by atoms with E-state index < -0.39 is 17.8 Å². The minimum Gasteiger partial charge on any atom is -0.494 e. The number of thiophene rings is 1. The van der Waals surface area contributed by atoms with Crippen LogP contribution in [0.1, 0.15) is 61.5 Å². The first-order chi connectivity index (χ1) is 25.8. The first kappa shape index (κ1) is 37.1. The lowest BCUT2D eigenvalue weighted by molar-refractivity contribution is -0.114. The van der Waals surface area contributed by atoms with Gasteiger partial charge in [-0.05, 0) is 97.3 Å². The van der Waals surface area contributed by atoms with Crippen molar-refractivity contribution < 1.29 is 28.7 Å². The summed E-state index contributed by atoms with van der Waals surface area (Å²) in [6, 6.07) is 33.3. The highest BCUT2D eigenvalue weighted by Gasteiger charge is 2.30. The first-order valence-corrected chi connectivity index (χ1v) is 19.0. The molecule has 0 aliphatic heterocycles. The topological polar surface area (TPSA) is 123 Å². The van der Waals surface area contributed by atoms with E-state index in [0.717, 1.165) is 34.6 Å². The number of hydrogen-bond donors (Lipinski definition) is 3. The number of nitrogens with one attached hydrogen (secondary N) is 3. The number of benzene rings is 4. The minimum atomic E-state index is -0.519. The zero-order chi connectivity index (χ0) is 37.2. The fraction of sp³-hybridized carbons (Fsp3) is 0.190. The summed E-state index contributed by atoms with van der Waals surface area (Å²) >= 11 is 2.74. The van der Waals surface area contributed by atoms with Gasteiger partial charge in [0.15, 0.2) is 0 Å². The summed E-state index contributed by atoms with van der Waals surface area (Å²) in [5.41, 5.74) is 4.30. The normalized spacial score (nSPS) is 13.7. The molecule has 3 amide bonds. The number of esters is 1. The molecule has 0 saturated carbocycles. The summed E-state index contributed by atoms with van der Waals surface area (Å²) in [4.78, 5) is 54.6. The van der Waals surface area contributed by atoms with Crippen LogP contribution in [-0.4, -0.2) is 43.2 Å². The Balaban J connectivity index is 1.12. The third kappa shape index (κ3) is 9.62. The number of carbonyl (C=O) groups is 4. The molecule has 270 valence electrons. The summed E-state index contributed by atoms with van der Waals surface area (Å²) in [5.74, 6) is -0.551. The van der Waals surface area contributed by atoms with E-state index in [4.69, 9.17) is 9.47 Å². The van der Waals surface area contributed by atoms with Gasteiger partial charge in [0, 0.05) is 21.0 Å². The molecule has 6 rings (SSSR count). The predicted octanol–water partition coefficient (Wildman–Crippen LogP) is 8.35.